The van der Waals surface area contributed by atoms with E-state index in [1.54, 1.807) is 16.9 Å². The van der Waals surface area contributed by atoms with Crippen LogP contribution in [0.5, 0.6) is 5.75 Å². The summed E-state index contributed by atoms with van der Waals surface area (Å²) < 4.78 is 34.9. The molecule has 0 fully saturated rings. The Bertz CT molecular complexity index is 896. The summed E-state index contributed by atoms with van der Waals surface area (Å²) in [6.07, 6.45) is 3.35. The van der Waals surface area contributed by atoms with Gasteiger partial charge in [0, 0.05) is 31.4 Å². The van der Waals surface area contributed by atoms with Crippen molar-refractivity contribution in [2.45, 2.75) is 0 Å². The zero-order valence-corrected chi connectivity index (χ0v) is 12.7. The van der Waals surface area contributed by atoms with Crippen LogP contribution in [0.3, 0.4) is 0 Å². The van der Waals surface area contributed by atoms with Crippen LogP contribution in [0.2, 0.25) is 0 Å². The Morgan fingerprint density at radius 2 is 2.08 bits per heavy atom. The normalized spacial score (nSPS) is 14.9. The highest BCUT2D eigenvalue weighted by Crippen LogP contribution is 2.31. The summed E-state index contributed by atoms with van der Waals surface area (Å²) in [6.45, 7) is 2.14. The summed E-state index contributed by atoms with van der Waals surface area (Å²) in [6, 6.07) is 4.42. The van der Waals surface area contributed by atoms with Gasteiger partial charge in [-0.25, -0.2) is 13.9 Å². The maximum absolute atomic E-state index is 14.0. The van der Waals surface area contributed by atoms with Gasteiger partial charge in [-0.15, -0.1) is 0 Å². The molecule has 1 aliphatic rings. The molecule has 0 radical (unpaired) electrons. The number of halogens is 2. The first kappa shape index (κ1) is 14.8. The number of aromatic nitrogens is 3. The quantitative estimate of drug-likeness (QED) is 0.660. The number of hydrogen-bond acceptors (Lipinski definition) is 5. The summed E-state index contributed by atoms with van der Waals surface area (Å²) in [5, 5.41) is 10.6. The van der Waals surface area contributed by atoms with Gasteiger partial charge < -0.3 is 15.4 Å². The standard InChI is InChI=1S/C16H15F2N5O/c17-12-7-10-8-13(15(12)18)24-6-4-19-2-3-20-14-1-5-23-16(22-14)11(10)9-21-23/h1,5,7-9,19H,2-4,6H2,(H,20,22). The fourth-order valence-electron chi connectivity index (χ4n) is 2.63. The highest BCUT2D eigenvalue weighted by Gasteiger charge is 2.17. The van der Waals surface area contributed by atoms with E-state index in [0.717, 1.165) is 6.07 Å². The molecule has 0 atom stereocenters. The molecule has 0 saturated carbocycles. The van der Waals surface area contributed by atoms with Gasteiger partial charge >= 0.3 is 0 Å². The number of anilines is 1. The van der Waals surface area contributed by atoms with E-state index < -0.39 is 11.6 Å². The second-order valence-corrected chi connectivity index (χ2v) is 5.43. The number of benzene rings is 1. The smallest absolute Gasteiger partial charge is 0.200 e. The van der Waals surface area contributed by atoms with Crippen molar-refractivity contribution >= 4 is 11.5 Å². The van der Waals surface area contributed by atoms with E-state index >= 15 is 0 Å². The van der Waals surface area contributed by atoms with Crippen molar-refractivity contribution in [3.05, 3.63) is 42.2 Å². The Balaban J connectivity index is 1.89. The van der Waals surface area contributed by atoms with Crippen LogP contribution in [0.25, 0.3) is 16.8 Å². The number of hydrogen-bond donors (Lipinski definition) is 2. The van der Waals surface area contributed by atoms with Gasteiger partial charge in [-0.3, -0.25) is 0 Å². The number of fused-ring (bicyclic) bond motifs is 4. The maximum Gasteiger partial charge on any atom is 0.200 e. The van der Waals surface area contributed by atoms with Crippen LogP contribution in [0.4, 0.5) is 14.6 Å². The third-order valence-electron chi connectivity index (χ3n) is 3.82. The molecule has 3 heterocycles. The Morgan fingerprint density at radius 3 is 3.00 bits per heavy atom. The summed E-state index contributed by atoms with van der Waals surface area (Å²) in [5.41, 5.74) is 1.63. The Labute approximate surface area is 136 Å². The second-order valence-electron chi connectivity index (χ2n) is 5.43. The van der Waals surface area contributed by atoms with Gasteiger partial charge in [-0.1, -0.05) is 0 Å². The molecule has 6 nitrogen and oxygen atoms in total. The lowest BCUT2D eigenvalue weighted by Crippen LogP contribution is -2.27. The van der Waals surface area contributed by atoms with Crippen molar-refractivity contribution < 1.29 is 13.5 Å². The van der Waals surface area contributed by atoms with E-state index in [4.69, 9.17) is 4.74 Å². The second kappa shape index (κ2) is 6.04. The molecule has 4 bridgehead atoms. The molecule has 0 aliphatic carbocycles. The largest absolute Gasteiger partial charge is 0.489 e. The number of ether oxygens (including phenoxy) is 1. The molecule has 1 aromatic carbocycles. The minimum absolute atomic E-state index is 0.113. The Hall–Kier alpha value is -2.74. The molecular weight excluding hydrogens is 316 g/mol. The number of nitrogens with zero attached hydrogens (tertiary/aromatic N) is 3. The van der Waals surface area contributed by atoms with Gasteiger partial charge in [-0.05, 0) is 23.8 Å². The molecule has 3 aromatic rings. The minimum Gasteiger partial charge on any atom is -0.489 e. The third kappa shape index (κ3) is 2.65. The van der Waals surface area contributed by atoms with Crippen molar-refractivity contribution in [1.29, 1.82) is 0 Å². The van der Waals surface area contributed by atoms with Crippen molar-refractivity contribution in [3.63, 3.8) is 0 Å². The SMILES string of the molecule is Fc1cc2cc(c1F)OCCNCCNc1ccn3ncc-2c3n1. The predicted octanol–water partition coefficient (Wildman–Crippen LogP) is 2.07. The van der Waals surface area contributed by atoms with E-state index in [9.17, 15) is 8.78 Å². The number of nitrogens with one attached hydrogen (secondary N) is 2. The predicted molar refractivity (Wildman–Crippen MR) is 85.2 cm³/mol. The zero-order chi connectivity index (χ0) is 16.5. The lowest BCUT2D eigenvalue weighted by Gasteiger charge is -2.12. The minimum atomic E-state index is -0.988. The van der Waals surface area contributed by atoms with Crippen LogP contribution < -0.4 is 15.4 Å². The van der Waals surface area contributed by atoms with E-state index in [0.29, 0.717) is 42.2 Å². The molecule has 24 heavy (non-hydrogen) atoms. The van der Waals surface area contributed by atoms with Gasteiger partial charge in [0.1, 0.15) is 12.4 Å². The van der Waals surface area contributed by atoms with Crippen LogP contribution in [0, 0.1) is 11.6 Å². The molecule has 0 unspecified atom stereocenters. The highest BCUT2D eigenvalue weighted by atomic mass is 19.2. The van der Waals surface area contributed by atoms with E-state index in [1.807, 2.05) is 6.07 Å². The molecule has 8 heteroatoms. The van der Waals surface area contributed by atoms with E-state index in [-0.39, 0.29) is 12.4 Å². The van der Waals surface area contributed by atoms with Crippen LogP contribution in [-0.2, 0) is 0 Å². The first-order valence-corrected chi connectivity index (χ1v) is 7.63. The topological polar surface area (TPSA) is 63.5 Å². The highest BCUT2D eigenvalue weighted by molar-refractivity contribution is 5.78. The van der Waals surface area contributed by atoms with E-state index in [1.165, 1.54) is 6.07 Å². The fourth-order valence-corrected chi connectivity index (χ4v) is 2.63. The molecule has 1 aliphatic heterocycles. The summed E-state index contributed by atoms with van der Waals surface area (Å²) in [4.78, 5) is 4.51. The average Bonchev–Trinajstić information content (AvgIpc) is 3.00. The zero-order valence-electron chi connectivity index (χ0n) is 12.7. The molecule has 0 saturated heterocycles. The van der Waals surface area contributed by atoms with Crippen molar-refractivity contribution in [1.82, 2.24) is 19.9 Å². The Morgan fingerprint density at radius 1 is 1.17 bits per heavy atom. The maximum atomic E-state index is 14.0. The number of rotatable bonds is 0. The lowest BCUT2D eigenvalue weighted by atomic mass is 10.1. The average molecular weight is 331 g/mol. The van der Waals surface area contributed by atoms with Gasteiger partial charge in [0.2, 0.25) is 5.82 Å². The fraction of sp³-hybridized carbons (Fsp3) is 0.250. The van der Waals surface area contributed by atoms with Crippen LogP contribution >= 0.6 is 0 Å². The molecule has 124 valence electrons. The van der Waals surface area contributed by atoms with Gasteiger partial charge in [-0.2, -0.15) is 9.49 Å². The summed E-state index contributed by atoms with van der Waals surface area (Å²) in [7, 11) is 0. The van der Waals surface area contributed by atoms with Crippen molar-refractivity contribution in [2.24, 2.45) is 0 Å². The van der Waals surface area contributed by atoms with Gasteiger partial charge in [0.05, 0.1) is 6.20 Å². The lowest BCUT2D eigenvalue weighted by molar-refractivity contribution is 0.294. The molecule has 4 rings (SSSR count). The molecule has 0 amide bonds. The Kier molecular flexibility index (Phi) is 3.73. The van der Waals surface area contributed by atoms with Crippen LogP contribution in [-0.4, -0.2) is 40.8 Å². The van der Waals surface area contributed by atoms with Crippen molar-refractivity contribution in [2.75, 3.05) is 31.6 Å². The summed E-state index contributed by atoms with van der Waals surface area (Å²) in [5.74, 6) is -1.37. The van der Waals surface area contributed by atoms with Gasteiger partial charge in [0.25, 0.3) is 0 Å². The monoisotopic (exact) mass is 331 g/mol. The molecule has 0 spiro atoms. The summed E-state index contributed by atoms with van der Waals surface area (Å²) >= 11 is 0. The first-order valence-electron chi connectivity index (χ1n) is 7.63. The third-order valence-corrected chi connectivity index (χ3v) is 3.82. The van der Waals surface area contributed by atoms with Crippen LogP contribution in [0.15, 0.2) is 30.6 Å². The van der Waals surface area contributed by atoms with Crippen LogP contribution in [0.1, 0.15) is 0 Å². The molecule has 2 N–H and O–H groups in total. The molecule has 2 aromatic heterocycles. The molecular formula is C16H15F2N5O. The first-order chi connectivity index (χ1) is 11.7. The van der Waals surface area contributed by atoms with E-state index in [2.05, 4.69) is 20.7 Å². The van der Waals surface area contributed by atoms with Crippen molar-refractivity contribution in [3.8, 4) is 16.9 Å². The van der Waals surface area contributed by atoms with Gasteiger partial charge in [0.15, 0.2) is 17.2 Å².